The average molecular weight is 393 g/mol. The van der Waals surface area contributed by atoms with Crippen LogP contribution in [0, 0.1) is 5.92 Å². The van der Waals surface area contributed by atoms with E-state index >= 15 is 0 Å². The van der Waals surface area contributed by atoms with E-state index in [0.29, 0.717) is 0 Å². The Bertz CT molecular complexity index is 553. The second-order valence-electron chi connectivity index (χ2n) is 7.06. The maximum Gasteiger partial charge on any atom is 0.193 e. The molecule has 0 aromatic heterocycles. The largest absolute Gasteiger partial charge is 0.357 e. The van der Waals surface area contributed by atoms with Crippen molar-refractivity contribution in [1.29, 1.82) is 0 Å². The summed E-state index contributed by atoms with van der Waals surface area (Å²) in [5.74, 6) is 1.74. The van der Waals surface area contributed by atoms with Gasteiger partial charge in [-0.05, 0) is 56.3 Å². The van der Waals surface area contributed by atoms with Gasteiger partial charge in [0.1, 0.15) is 0 Å². The predicted molar refractivity (Wildman–Crippen MR) is 104 cm³/mol. The fourth-order valence-corrected chi connectivity index (χ4v) is 3.67. The first-order valence-electron chi connectivity index (χ1n) is 9.13. The molecule has 0 bridgehead atoms. The molecule has 132 valence electrons. The molecule has 1 aliphatic heterocycles. The van der Waals surface area contributed by atoms with Crippen molar-refractivity contribution in [3.05, 3.63) is 34.3 Å². The summed E-state index contributed by atoms with van der Waals surface area (Å²) < 4.78 is 1.12. The van der Waals surface area contributed by atoms with Gasteiger partial charge < -0.3 is 15.1 Å². The lowest BCUT2D eigenvalue weighted by Gasteiger charge is -2.23. The zero-order valence-electron chi connectivity index (χ0n) is 14.8. The molecule has 1 atom stereocenters. The summed E-state index contributed by atoms with van der Waals surface area (Å²) in [5.41, 5.74) is 1.30. The van der Waals surface area contributed by atoms with Gasteiger partial charge in [0.25, 0.3) is 0 Å². The average Bonchev–Trinajstić information content (AvgIpc) is 3.32. The molecule has 3 rings (SSSR count). The van der Waals surface area contributed by atoms with Crippen molar-refractivity contribution in [2.24, 2.45) is 10.9 Å². The summed E-state index contributed by atoms with van der Waals surface area (Å²) in [7, 11) is 2.12. The van der Waals surface area contributed by atoms with E-state index in [2.05, 4.69) is 69.3 Å². The van der Waals surface area contributed by atoms with E-state index < -0.39 is 0 Å². The van der Waals surface area contributed by atoms with Crippen LogP contribution in [0.2, 0.25) is 0 Å². The monoisotopic (exact) mass is 392 g/mol. The number of halogens is 1. The van der Waals surface area contributed by atoms with Gasteiger partial charge >= 0.3 is 0 Å². The maximum absolute atomic E-state index is 4.92. The number of aliphatic imine (C=N–C) groups is 1. The van der Waals surface area contributed by atoms with Gasteiger partial charge in [0.2, 0.25) is 0 Å². The second kappa shape index (κ2) is 8.34. The van der Waals surface area contributed by atoms with Gasteiger partial charge in [-0.1, -0.05) is 28.1 Å². The molecule has 1 unspecified atom stereocenters. The highest BCUT2D eigenvalue weighted by molar-refractivity contribution is 9.10. The van der Waals surface area contributed by atoms with Crippen LogP contribution < -0.4 is 5.32 Å². The molecule has 1 aromatic carbocycles. The van der Waals surface area contributed by atoms with E-state index in [1.165, 1.54) is 37.9 Å². The van der Waals surface area contributed by atoms with E-state index in [9.17, 15) is 0 Å². The van der Waals surface area contributed by atoms with Crippen LogP contribution in [0.15, 0.2) is 33.7 Å². The lowest BCUT2D eigenvalue weighted by molar-refractivity contribution is 0.315. The van der Waals surface area contributed by atoms with Crippen LogP contribution in [-0.4, -0.2) is 55.0 Å². The molecule has 1 aliphatic carbocycles. The zero-order valence-corrected chi connectivity index (χ0v) is 16.4. The molecule has 1 aromatic rings. The molecule has 0 amide bonds. The molecular weight excluding hydrogens is 364 g/mol. The van der Waals surface area contributed by atoms with Crippen molar-refractivity contribution < 1.29 is 0 Å². The lowest BCUT2D eigenvalue weighted by atomic mass is 10.1. The van der Waals surface area contributed by atoms with Gasteiger partial charge in [-0.3, -0.25) is 4.99 Å². The highest BCUT2D eigenvalue weighted by atomic mass is 79.9. The highest BCUT2D eigenvalue weighted by Gasteiger charge is 2.34. The third-order valence-electron chi connectivity index (χ3n) is 4.91. The van der Waals surface area contributed by atoms with E-state index in [1.807, 2.05) is 0 Å². The fraction of sp³-hybridized carbons (Fsp3) is 0.632. The molecule has 2 aliphatic rings. The Labute approximate surface area is 154 Å². The van der Waals surface area contributed by atoms with Crippen molar-refractivity contribution in [2.75, 3.05) is 33.2 Å². The predicted octanol–water partition coefficient (Wildman–Crippen LogP) is 3.33. The first-order valence-corrected chi connectivity index (χ1v) is 9.93. The number of likely N-dealkylation sites (tertiary alicyclic amines) is 1. The van der Waals surface area contributed by atoms with Gasteiger partial charge in [-0.2, -0.15) is 0 Å². The summed E-state index contributed by atoms with van der Waals surface area (Å²) in [6.45, 7) is 7.37. The second-order valence-corrected chi connectivity index (χ2v) is 7.97. The fourth-order valence-electron chi connectivity index (χ4n) is 3.41. The zero-order chi connectivity index (χ0) is 16.9. The van der Waals surface area contributed by atoms with Crippen LogP contribution in [0.5, 0.6) is 0 Å². The summed E-state index contributed by atoms with van der Waals surface area (Å²) in [6.07, 6.45) is 4.12. The molecule has 5 heteroatoms. The molecule has 24 heavy (non-hydrogen) atoms. The van der Waals surface area contributed by atoms with Gasteiger partial charge in [0, 0.05) is 43.7 Å². The van der Waals surface area contributed by atoms with Crippen LogP contribution >= 0.6 is 15.9 Å². The molecule has 0 radical (unpaired) electrons. The van der Waals surface area contributed by atoms with Crippen LogP contribution in [0.3, 0.4) is 0 Å². The normalized spacial score (nSPS) is 22.0. The van der Waals surface area contributed by atoms with Crippen LogP contribution in [0.25, 0.3) is 0 Å². The third-order valence-corrected chi connectivity index (χ3v) is 5.44. The SMILES string of the molecule is CCNC(=NCC1CCN(C2CC2)C1)N(C)Cc1ccc(Br)cc1. The Morgan fingerprint density at radius 2 is 2.04 bits per heavy atom. The van der Waals surface area contributed by atoms with Crippen molar-refractivity contribution in [3.8, 4) is 0 Å². The van der Waals surface area contributed by atoms with Gasteiger partial charge in [0.05, 0.1) is 0 Å². The molecule has 1 saturated carbocycles. The summed E-state index contributed by atoms with van der Waals surface area (Å²) in [4.78, 5) is 9.81. The van der Waals surface area contributed by atoms with Crippen molar-refractivity contribution in [2.45, 2.75) is 38.8 Å². The van der Waals surface area contributed by atoms with E-state index in [1.54, 1.807) is 0 Å². The Morgan fingerprint density at radius 1 is 1.29 bits per heavy atom. The minimum absolute atomic E-state index is 0.723. The van der Waals surface area contributed by atoms with Gasteiger partial charge in [0.15, 0.2) is 5.96 Å². The molecular formula is C19H29BrN4. The van der Waals surface area contributed by atoms with Crippen molar-refractivity contribution >= 4 is 21.9 Å². The summed E-state index contributed by atoms with van der Waals surface area (Å²) >= 11 is 3.49. The van der Waals surface area contributed by atoms with Gasteiger partial charge in [-0.15, -0.1) is 0 Å². The number of rotatable bonds is 6. The Hall–Kier alpha value is -1.07. The number of benzene rings is 1. The van der Waals surface area contributed by atoms with Crippen LogP contribution in [0.1, 0.15) is 31.7 Å². The number of nitrogens with one attached hydrogen (secondary N) is 1. The molecule has 1 heterocycles. The Kier molecular flexibility index (Phi) is 6.17. The standard InChI is InChI=1S/C19H29BrN4/c1-3-21-19(23(2)13-15-4-6-17(20)7-5-15)22-12-16-10-11-24(14-16)18-8-9-18/h4-7,16,18H,3,8-14H2,1-2H3,(H,21,22). The van der Waals surface area contributed by atoms with Crippen molar-refractivity contribution in [1.82, 2.24) is 15.1 Å². The van der Waals surface area contributed by atoms with Crippen molar-refractivity contribution in [3.63, 3.8) is 0 Å². The Balaban J connectivity index is 1.55. The highest BCUT2D eigenvalue weighted by Crippen LogP contribution is 2.31. The molecule has 1 N–H and O–H groups in total. The quantitative estimate of drug-likeness (QED) is 0.594. The third kappa shape index (κ3) is 4.96. The minimum atomic E-state index is 0.723. The topological polar surface area (TPSA) is 30.9 Å². The van der Waals surface area contributed by atoms with E-state index in [0.717, 1.165) is 42.0 Å². The minimum Gasteiger partial charge on any atom is -0.357 e. The molecule has 0 spiro atoms. The molecule has 4 nitrogen and oxygen atoms in total. The maximum atomic E-state index is 4.92. The first-order chi connectivity index (χ1) is 11.7. The summed E-state index contributed by atoms with van der Waals surface area (Å²) in [6, 6.07) is 9.41. The summed E-state index contributed by atoms with van der Waals surface area (Å²) in [5, 5.41) is 3.44. The van der Waals surface area contributed by atoms with Crippen LogP contribution in [0.4, 0.5) is 0 Å². The molecule has 1 saturated heterocycles. The molecule has 2 fully saturated rings. The van der Waals surface area contributed by atoms with Crippen LogP contribution in [-0.2, 0) is 6.54 Å². The van der Waals surface area contributed by atoms with E-state index in [-0.39, 0.29) is 0 Å². The number of hydrogen-bond acceptors (Lipinski definition) is 2. The van der Waals surface area contributed by atoms with Gasteiger partial charge in [-0.25, -0.2) is 0 Å². The first kappa shape index (κ1) is 17.7. The lowest BCUT2D eigenvalue weighted by Crippen LogP contribution is -2.39. The number of nitrogens with zero attached hydrogens (tertiary/aromatic N) is 3. The number of hydrogen-bond donors (Lipinski definition) is 1. The Morgan fingerprint density at radius 3 is 2.71 bits per heavy atom. The number of guanidine groups is 1. The van der Waals surface area contributed by atoms with E-state index in [4.69, 9.17) is 4.99 Å². The smallest absolute Gasteiger partial charge is 0.193 e.